The zero-order valence-corrected chi connectivity index (χ0v) is 16.2. The lowest BCUT2D eigenvalue weighted by Crippen LogP contribution is -2.47. The van der Waals surface area contributed by atoms with Crippen molar-refractivity contribution >= 4 is 11.9 Å². The van der Waals surface area contributed by atoms with Crippen LogP contribution in [0.4, 0.5) is 0 Å². The number of hydrogen-bond donors (Lipinski definition) is 1. The molecule has 1 heterocycles. The number of likely N-dealkylation sites (N-methyl/N-ethyl adjacent to an activating group) is 1. The molecular weight excluding hydrogens is 346 g/mol. The van der Waals surface area contributed by atoms with Gasteiger partial charge in [-0.25, -0.2) is 4.79 Å². The zero-order valence-electron chi connectivity index (χ0n) is 16.2. The van der Waals surface area contributed by atoms with Crippen LogP contribution in [0.15, 0.2) is 30.3 Å². The molecule has 0 radical (unpaired) electrons. The summed E-state index contributed by atoms with van der Waals surface area (Å²) in [7, 11) is 3.36. The molecule has 1 saturated heterocycles. The molecule has 148 valence electrons. The second kappa shape index (κ2) is 7.98. The number of rotatable bonds is 6. The lowest BCUT2D eigenvalue weighted by Gasteiger charge is -2.32. The van der Waals surface area contributed by atoms with Crippen LogP contribution in [-0.2, 0) is 19.1 Å². The van der Waals surface area contributed by atoms with E-state index in [1.165, 1.54) is 7.11 Å². The number of likely N-dealkylation sites (tertiary alicyclic amines) is 1. The highest BCUT2D eigenvalue weighted by Gasteiger charge is 2.47. The van der Waals surface area contributed by atoms with E-state index >= 15 is 0 Å². The van der Waals surface area contributed by atoms with Crippen LogP contribution in [0.5, 0.6) is 0 Å². The number of benzene rings is 1. The summed E-state index contributed by atoms with van der Waals surface area (Å²) in [5.74, 6) is -1.28. The van der Waals surface area contributed by atoms with Gasteiger partial charge in [-0.15, -0.1) is 0 Å². The third-order valence-corrected chi connectivity index (χ3v) is 6.03. The van der Waals surface area contributed by atoms with Gasteiger partial charge in [-0.05, 0) is 18.4 Å². The minimum atomic E-state index is -1.04. The van der Waals surface area contributed by atoms with Gasteiger partial charge >= 0.3 is 11.9 Å². The van der Waals surface area contributed by atoms with Crippen molar-refractivity contribution in [3.63, 3.8) is 0 Å². The van der Waals surface area contributed by atoms with E-state index in [4.69, 9.17) is 9.47 Å². The maximum absolute atomic E-state index is 13.1. The Bertz CT molecular complexity index is 670. The summed E-state index contributed by atoms with van der Waals surface area (Å²) in [5, 5.41) is 11.1. The maximum atomic E-state index is 13.1. The van der Waals surface area contributed by atoms with E-state index in [2.05, 4.69) is 0 Å². The Morgan fingerprint density at radius 3 is 2.56 bits per heavy atom. The lowest BCUT2D eigenvalue weighted by atomic mass is 9.80. The largest absolute Gasteiger partial charge is 0.465 e. The molecule has 3 rings (SSSR count). The van der Waals surface area contributed by atoms with Crippen LogP contribution in [-0.4, -0.2) is 67.0 Å². The summed E-state index contributed by atoms with van der Waals surface area (Å²) in [6.45, 7) is 1.62. The number of quaternary nitrogens is 1. The SMILES string of the molecule is COC(=O)C[N+]1(C)CCC(OC(=O)C(c2ccccc2)C2(O)CCCC2)C1. The summed E-state index contributed by atoms with van der Waals surface area (Å²) in [4.78, 5) is 24.7. The second-order valence-electron chi connectivity index (χ2n) is 8.26. The van der Waals surface area contributed by atoms with Crippen LogP contribution in [0.3, 0.4) is 0 Å². The number of carbonyl (C=O) groups is 2. The van der Waals surface area contributed by atoms with Gasteiger partial charge in [0.05, 0.1) is 26.3 Å². The average Bonchev–Trinajstić information content (AvgIpc) is 3.22. The molecular formula is C21H30NO5+. The normalized spacial score (nSPS) is 27.9. The molecule has 1 aliphatic carbocycles. The van der Waals surface area contributed by atoms with Gasteiger partial charge in [0.25, 0.3) is 0 Å². The van der Waals surface area contributed by atoms with Crippen LogP contribution in [0.1, 0.15) is 43.6 Å². The molecule has 0 spiro atoms. The molecule has 1 aliphatic heterocycles. The number of hydrogen-bond acceptors (Lipinski definition) is 5. The first-order chi connectivity index (χ1) is 12.9. The van der Waals surface area contributed by atoms with Crippen molar-refractivity contribution in [3.05, 3.63) is 35.9 Å². The number of ether oxygens (including phenoxy) is 2. The van der Waals surface area contributed by atoms with Gasteiger partial charge in [-0.2, -0.15) is 0 Å². The summed E-state index contributed by atoms with van der Waals surface area (Å²) >= 11 is 0. The molecule has 6 nitrogen and oxygen atoms in total. The molecule has 0 aromatic heterocycles. The van der Waals surface area contributed by atoms with E-state index in [9.17, 15) is 14.7 Å². The van der Waals surface area contributed by atoms with Gasteiger partial charge in [-0.1, -0.05) is 43.2 Å². The first kappa shape index (κ1) is 19.8. The zero-order chi connectivity index (χ0) is 19.5. The molecule has 27 heavy (non-hydrogen) atoms. The van der Waals surface area contributed by atoms with E-state index in [0.717, 1.165) is 24.9 Å². The van der Waals surface area contributed by atoms with Crippen LogP contribution in [0.25, 0.3) is 0 Å². The third-order valence-electron chi connectivity index (χ3n) is 6.03. The second-order valence-corrected chi connectivity index (χ2v) is 8.26. The summed E-state index contributed by atoms with van der Waals surface area (Å²) in [6, 6.07) is 9.43. The number of carbonyl (C=O) groups excluding carboxylic acids is 2. The Balaban J connectivity index is 1.71. The molecule has 6 heteroatoms. The van der Waals surface area contributed by atoms with Crippen molar-refractivity contribution in [2.24, 2.45) is 0 Å². The number of esters is 2. The monoisotopic (exact) mass is 376 g/mol. The van der Waals surface area contributed by atoms with Gasteiger partial charge in [0.1, 0.15) is 12.5 Å². The highest BCUT2D eigenvalue weighted by molar-refractivity contribution is 5.80. The summed E-state index contributed by atoms with van der Waals surface area (Å²) in [5.41, 5.74) is -0.238. The van der Waals surface area contributed by atoms with E-state index in [1.807, 2.05) is 37.4 Å². The molecule has 1 aromatic carbocycles. The van der Waals surface area contributed by atoms with E-state index in [1.54, 1.807) is 0 Å². The first-order valence-corrected chi connectivity index (χ1v) is 9.73. The van der Waals surface area contributed by atoms with Crippen molar-refractivity contribution < 1.29 is 28.7 Å². The van der Waals surface area contributed by atoms with Crippen molar-refractivity contribution in [2.75, 3.05) is 33.8 Å². The van der Waals surface area contributed by atoms with Gasteiger partial charge < -0.3 is 19.1 Å². The van der Waals surface area contributed by atoms with Crippen LogP contribution < -0.4 is 0 Å². The Morgan fingerprint density at radius 1 is 1.26 bits per heavy atom. The molecule has 1 N–H and O–H groups in total. The minimum Gasteiger partial charge on any atom is -0.465 e. The third kappa shape index (κ3) is 4.50. The van der Waals surface area contributed by atoms with Crippen molar-refractivity contribution in [2.45, 2.75) is 49.7 Å². The number of methoxy groups -OCH3 is 1. The van der Waals surface area contributed by atoms with Crippen molar-refractivity contribution in [1.29, 1.82) is 0 Å². The number of aliphatic hydroxyl groups is 1. The highest BCUT2D eigenvalue weighted by Crippen LogP contribution is 2.42. The molecule has 2 aliphatic rings. The number of nitrogens with zero attached hydrogens (tertiary/aromatic N) is 1. The minimum absolute atomic E-state index is 0.247. The van der Waals surface area contributed by atoms with Gasteiger partial charge in [0.2, 0.25) is 0 Å². The standard InChI is InChI=1S/C21H30NO5/c1-22(15-18(23)26-2)13-10-17(14-22)27-20(24)19(16-8-4-3-5-9-16)21(25)11-6-7-12-21/h3-5,8-9,17,19,25H,6-7,10-15H2,1-2H3/q+1. The molecule has 3 atom stereocenters. The average molecular weight is 376 g/mol. The van der Waals surface area contributed by atoms with E-state index in [-0.39, 0.29) is 24.6 Å². The molecule has 0 amide bonds. The predicted octanol–water partition coefficient (Wildman–Crippen LogP) is 2.01. The topological polar surface area (TPSA) is 72.8 Å². The van der Waals surface area contributed by atoms with Gasteiger partial charge in [0.15, 0.2) is 12.6 Å². The maximum Gasteiger partial charge on any atom is 0.361 e. The smallest absolute Gasteiger partial charge is 0.361 e. The quantitative estimate of drug-likeness (QED) is 0.607. The molecule has 2 fully saturated rings. The highest BCUT2D eigenvalue weighted by atomic mass is 16.5. The van der Waals surface area contributed by atoms with Gasteiger partial charge in [-0.3, -0.25) is 4.79 Å². The van der Waals surface area contributed by atoms with Crippen LogP contribution >= 0.6 is 0 Å². The Morgan fingerprint density at radius 2 is 1.93 bits per heavy atom. The Hall–Kier alpha value is -1.92. The van der Waals surface area contributed by atoms with Crippen molar-refractivity contribution in [1.82, 2.24) is 0 Å². The van der Waals surface area contributed by atoms with E-state index in [0.29, 0.717) is 30.3 Å². The summed E-state index contributed by atoms with van der Waals surface area (Å²) < 4.78 is 11.1. The molecule has 1 saturated carbocycles. The Labute approximate surface area is 160 Å². The van der Waals surface area contributed by atoms with E-state index < -0.39 is 11.5 Å². The fraction of sp³-hybridized carbons (Fsp3) is 0.619. The molecule has 3 unspecified atom stereocenters. The lowest BCUT2D eigenvalue weighted by molar-refractivity contribution is -0.891. The summed E-state index contributed by atoms with van der Waals surface area (Å²) in [6.07, 6.45) is 3.53. The van der Waals surface area contributed by atoms with Crippen LogP contribution in [0.2, 0.25) is 0 Å². The predicted molar refractivity (Wildman–Crippen MR) is 99.9 cm³/mol. The fourth-order valence-electron chi connectivity index (χ4n) is 4.57. The van der Waals surface area contributed by atoms with Crippen LogP contribution in [0, 0.1) is 0 Å². The van der Waals surface area contributed by atoms with Crippen molar-refractivity contribution in [3.8, 4) is 0 Å². The van der Waals surface area contributed by atoms with Gasteiger partial charge in [0, 0.05) is 6.42 Å². The molecule has 0 bridgehead atoms. The Kier molecular flexibility index (Phi) is 5.86. The fourth-order valence-corrected chi connectivity index (χ4v) is 4.57. The first-order valence-electron chi connectivity index (χ1n) is 9.73. The molecule has 1 aromatic rings.